The number of aryl methyl sites for hydroxylation is 1. The van der Waals surface area contributed by atoms with E-state index in [0.29, 0.717) is 54.9 Å². The molecule has 1 spiro atoms. The minimum atomic E-state index is -4.82. The summed E-state index contributed by atoms with van der Waals surface area (Å²) in [5, 5.41) is 9.95. The van der Waals surface area contributed by atoms with Gasteiger partial charge in [-0.2, -0.15) is 0 Å². The molecule has 3 aliphatic rings. The third-order valence-electron chi connectivity index (χ3n) is 8.70. The van der Waals surface area contributed by atoms with Crippen molar-refractivity contribution >= 4 is 17.6 Å². The maximum atomic E-state index is 16.0. The molecule has 0 radical (unpaired) electrons. The van der Waals surface area contributed by atoms with Gasteiger partial charge in [0.25, 0.3) is 0 Å². The van der Waals surface area contributed by atoms with Crippen molar-refractivity contribution in [2.45, 2.75) is 76.3 Å². The molecular formula is C29H32ClF4NO4. The standard InChI is InChI=1S/C29H32ClF4NO4/c1-16(27(36)37)24(18-3-4-18)21-7-5-19-9-10-28(39-26(19)25(21)31)11-13-35(14-12-28)17(2)22-15-20(30)6-8-23(22)38-29(32,33)34/h5-8,15-18,24H,3-4,9-14H2,1-2H3,(H,36,37)/t16-,17?,24?/m0/s1. The average Bonchev–Trinajstić information content (AvgIpc) is 3.71. The molecule has 2 aromatic rings. The molecule has 1 N–H and O–H groups in total. The summed E-state index contributed by atoms with van der Waals surface area (Å²) >= 11 is 6.10. The van der Waals surface area contributed by atoms with E-state index in [-0.39, 0.29) is 17.4 Å². The lowest BCUT2D eigenvalue weighted by atomic mass is 9.79. The number of piperidine rings is 1. The zero-order valence-electron chi connectivity index (χ0n) is 21.9. The molecule has 1 aliphatic carbocycles. The number of likely N-dealkylation sites (tertiary alicyclic amines) is 1. The van der Waals surface area contributed by atoms with Gasteiger partial charge in [-0.25, -0.2) is 4.39 Å². The number of nitrogens with zero attached hydrogens (tertiary/aromatic N) is 1. The van der Waals surface area contributed by atoms with Crippen LogP contribution in [0.2, 0.25) is 5.02 Å². The predicted octanol–water partition coefficient (Wildman–Crippen LogP) is 7.51. The van der Waals surface area contributed by atoms with E-state index in [0.717, 1.165) is 18.4 Å². The van der Waals surface area contributed by atoms with Gasteiger partial charge in [-0.15, -0.1) is 13.2 Å². The maximum absolute atomic E-state index is 16.0. The van der Waals surface area contributed by atoms with Crippen molar-refractivity contribution in [3.05, 3.63) is 57.9 Å². The Morgan fingerprint density at radius 1 is 1.13 bits per heavy atom. The zero-order chi connectivity index (χ0) is 28.1. The van der Waals surface area contributed by atoms with Gasteiger partial charge in [-0.05, 0) is 80.7 Å². The van der Waals surface area contributed by atoms with Crippen LogP contribution in [0, 0.1) is 17.7 Å². The minimum Gasteiger partial charge on any atom is -0.484 e. The Morgan fingerprint density at radius 2 is 1.82 bits per heavy atom. The molecule has 2 heterocycles. The summed E-state index contributed by atoms with van der Waals surface area (Å²) in [4.78, 5) is 13.8. The van der Waals surface area contributed by atoms with E-state index < -0.39 is 41.6 Å². The second-order valence-corrected chi connectivity index (χ2v) is 11.6. The lowest BCUT2D eigenvalue weighted by Crippen LogP contribution is -2.50. The molecule has 5 nitrogen and oxygen atoms in total. The number of ether oxygens (including phenoxy) is 2. The highest BCUT2D eigenvalue weighted by Crippen LogP contribution is 2.50. The second kappa shape index (κ2) is 10.5. The van der Waals surface area contributed by atoms with Crippen LogP contribution in [0.1, 0.15) is 74.6 Å². The number of rotatable bonds is 7. The monoisotopic (exact) mass is 569 g/mol. The number of halogens is 5. The molecule has 3 atom stereocenters. The summed E-state index contributed by atoms with van der Waals surface area (Å²) in [5.41, 5.74) is 0.950. The fourth-order valence-electron chi connectivity index (χ4n) is 6.28. The number of hydrogen-bond acceptors (Lipinski definition) is 4. The Labute approximate surface area is 230 Å². The lowest BCUT2D eigenvalue weighted by molar-refractivity contribution is -0.275. The van der Waals surface area contributed by atoms with E-state index in [2.05, 4.69) is 9.64 Å². The van der Waals surface area contributed by atoms with Crippen molar-refractivity contribution in [3.63, 3.8) is 0 Å². The van der Waals surface area contributed by atoms with Gasteiger partial charge in [0.2, 0.25) is 0 Å². The Balaban J connectivity index is 1.33. The predicted molar refractivity (Wildman–Crippen MR) is 138 cm³/mol. The number of carboxylic acid groups (broad SMARTS) is 1. The van der Waals surface area contributed by atoms with Crippen LogP contribution >= 0.6 is 11.6 Å². The molecule has 0 aromatic heterocycles. The first-order valence-electron chi connectivity index (χ1n) is 13.4. The fraction of sp³-hybridized carbons (Fsp3) is 0.552. The van der Waals surface area contributed by atoms with Crippen molar-refractivity contribution in [1.82, 2.24) is 4.90 Å². The largest absolute Gasteiger partial charge is 0.573 e. The Hall–Kier alpha value is -2.52. The molecule has 2 fully saturated rings. The van der Waals surface area contributed by atoms with Gasteiger partial charge in [0, 0.05) is 35.6 Å². The van der Waals surface area contributed by atoms with E-state index in [9.17, 15) is 23.1 Å². The van der Waals surface area contributed by atoms with Crippen molar-refractivity contribution in [3.8, 4) is 11.5 Å². The van der Waals surface area contributed by atoms with Gasteiger partial charge in [-0.3, -0.25) is 9.69 Å². The van der Waals surface area contributed by atoms with E-state index >= 15 is 4.39 Å². The number of carbonyl (C=O) groups is 1. The zero-order valence-corrected chi connectivity index (χ0v) is 22.6. The third kappa shape index (κ3) is 5.85. The van der Waals surface area contributed by atoms with Gasteiger partial charge in [0.05, 0.1) is 5.92 Å². The molecular weight excluding hydrogens is 538 g/mol. The topological polar surface area (TPSA) is 59.0 Å². The molecule has 1 saturated heterocycles. The first-order chi connectivity index (χ1) is 18.4. The van der Waals surface area contributed by atoms with Crippen LogP contribution in [0.5, 0.6) is 11.5 Å². The summed E-state index contributed by atoms with van der Waals surface area (Å²) < 4.78 is 65.6. The first kappa shape index (κ1) is 28.0. The summed E-state index contributed by atoms with van der Waals surface area (Å²) in [6.45, 7) is 4.53. The highest BCUT2D eigenvalue weighted by molar-refractivity contribution is 6.30. The highest BCUT2D eigenvalue weighted by atomic mass is 35.5. The van der Waals surface area contributed by atoms with Crippen molar-refractivity contribution in [2.24, 2.45) is 11.8 Å². The lowest BCUT2D eigenvalue weighted by Gasteiger charge is -2.46. The summed E-state index contributed by atoms with van der Waals surface area (Å²) in [7, 11) is 0. The number of hydrogen-bond donors (Lipinski definition) is 1. The molecule has 10 heteroatoms. The first-order valence-corrected chi connectivity index (χ1v) is 13.8. The van der Waals surface area contributed by atoms with Gasteiger partial charge >= 0.3 is 12.3 Å². The quantitative estimate of drug-likeness (QED) is 0.350. The van der Waals surface area contributed by atoms with Crippen LogP contribution < -0.4 is 9.47 Å². The van der Waals surface area contributed by atoms with E-state index in [1.807, 2.05) is 13.0 Å². The molecule has 2 aromatic carbocycles. The molecule has 0 bridgehead atoms. The SMILES string of the molecule is CC(c1cc(Cl)ccc1OC(F)(F)F)N1CCC2(CCc3ccc(C(C4CC4)[C@H](C)C(=O)O)c(F)c3O2)CC1. The second-order valence-electron chi connectivity index (χ2n) is 11.2. The summed E-state index contributed by atoms with van der Waals surface area (Å²) in [6.07, 6.45) is -0.538. The molecule has 2 unspecified atom stereocenters. The van der Waals surface area contributed by atoms with Crippen molar-refractivity contribution in [2.75, 3.05) is 13.1 Å². The number of aliphatic carboxylic acids is 1. The Kier molecular flexibility index (Phi) is 7.52. The molecule has 1 saturated carbocycles. The molecule has 0 amide bonds. The fourth-order valence-corrected chi connectivity index (χ4v) is 6.46. The Morgan fingerprint density at radius 3 is 2.44 bits per heavy atom. The number of fused-ring (bicyclic) bond motifs is 1. The smallest absolute Gasteiger partial charge is 0.484 e. The van der Waals surface area contributed by atoms with Crippen LogP contribution in [-0.4, -0.2) is 41.0 Å². The van der Waals surface area contributed by atoms with Crippen LogP contribution in [-0.2, 0) is 11.2 Å². The van der Waals surface area contributed by atoms with E-state index in [1.165, 1.54) is 18.2 Å². The van der Waals surface area contributed by atoms with Gasteiger partial charge in [-0.1, -0.05) is 30.7 Å². The Bertz CT molecular complexity index is 1240. The number of alkyl halides is 3. The van der Waals surface area contributed by atoms with Crippen molar-refractivity contribution in [1.29, 1.82) is 0 Å². The number of benzene rings is 2. The normalized spacial score (nSPS) is 21.5. The third-order valence-corrected chi connectivity index (χ3v) is 8.93. The van der Waals surface area contributed by atoms with Crippen LogP contribution in [0.4, 0.5) is 17.6 Å². The van der Waals surface area contributed by atoms with Crippen LogP contribution in [0.3, 0.4) is 0 Å². The molecule has 212 valence electrons. The van der Waals surface area contributed by atoms with Crippen LogP contribution in [0.15, 0.2) is 30.3 Å². The van der Waals surface area contributed by atoms with Gasteiger partial charge < -0.3 is 14.6 Å². The van der Waals surface area contributed by atoms with Crippen molar-refractivity contribution < 1.29 is 36.9 Å². The highest BCUT2D eigenvalue weighted by Gasteiger charge is 2.45. The van der Waals surface area contributed by atoms with Crippen LogP contribution in [0.25, 0.3) is 0 Å². The molecule has 2 aliphatic heterocycles. The molecule has 39 heavy (non-hydrogen) atoms. The van der Waals surface area contributed by atoms with Gasteiger partial charge in [0.15, 0.2) is 11.6 Å². The average molecular weight is 570 g/mol. The maximum Gasteiger partial charge on any atom is 0.573 e. The summed E-state index contributed by atoms with van der Waals surface area (Å²) in [6, 6.07) is 7.29. The minimum absolute atomic E-state index is 0.156. The van der Waals surface area contributed by atoms with Gasteiger partial charge in [0.1, 0.15) is 11.4 Å². The molecule has 5 rings (SSSR count). The number of carboxylic acids is 1. The van der Waals surface area contributed by atoms with E-state index in [1.54, 1.807) is 13.0 Å². The summed E-state index contributed by atoms with van der Waals surface area (Å²) in [5.74, 6) is -2.40. The van der Waals surface area contributed by atoms with E-state index in [4.69, 9.17) is 16.3 Å².